The van der Waals surface area contributed by atoms with Gasteiger partial charge in [0.05, 0.1) is 6.33 Å². The zero-order chi connectivity index (χ0) is 13.9. The van der Waals surface area contributed by atoms with Gasteiger partial charge in [-0.1, -0.05) is 24.3 Å². The van der Waals surface area contributed by atoms with Gasteiger partial charge in [0.15, 0.2) is 11.2 Å². The van der Waals surface area contributed by atoms with Crippen LogP contribution in [0, 0.1) is 0 Å². The van der Waals surface area contributed by atoms with Crippen LogP contribution >= 0.6 is 0 Å². The first-order valence-electron chi connectivity index (χ1n) is 6.21. The second kappa shape index (κ2) is 5.14. The fourth-order valence-corrected chi connectivity index (χ4v) is 1.98. The normalized spacial score (nSPS) is 10.8. The number of fused-ring (bicyclic) bond motifs is 1. The first-order chi connectivity index (χ1) is 9.76. The highest BCUT2D eigenvalue weighted by Crippen LogP contribution is 2.08. The summed E-state index contributed by atoms with van der Waals surface area (Å²) in [6.45, 7) is 1.05. The Morgan fingerprint density at radius 1 is 1.30 bits per heavy atom. The van der Waals surface area contributed by atoms with E-state index in [4.69, 9.17) is 5.73 Å². The van der Waals surface area contributed by atoms with Crippen LogP contribution in [0.1, 0.15) is 11.1 Å². The van der Waals surface area contributed by atoms with Gasteiger partial charge in [-0.3, -0.25) is 9.78 Å². The molecule has 0 aliphatic rings. The lowest BCUT2D eigenvalue weighted by Crippen LogP contribution is -2.13. The zero-order valence-electron chi connectivity index (χ0n) is 10.7. The lowest BCUT2D eigenvalue weighted by molar-refractivity contribution is 1.03. The minimum Gasteiger partial charge on any atom is -0.352 e. The quantitative estimate of drug-likeness (QED) is 0.558. The van der Waals surface area contributed by atoms with E-state index in [2.05, 4.69) is 25.3 Å². The van der Waals surface area contributed by atoms with Gasteiger partial charge in [0.1, 0.15) is 0 Å². The van der Waals surface area contributed by atoms with E-state index in [-0.39, 0.29) is 5.56 Å². The monoisotopic (exact) mass is 270 g/mol. The molecule has 3 aromatic rings. The summed E-state index contributed by atoms with van der Waals surface area (Å²) >= 11 is 0. The number of rotatable bonds is 4. The number of anilines is 1. The van der Waals surface area contributed by atoms with Crippen LogP contribution in [-0.4, -0.2) is 19.9 Å². The highest BCUT2D eigenvalue weighted by Gasteiger charge is 2.05. The van der Waals surface area contributed by atoms with E-state index < -0.39 is 0 Å². The summed E-state index contributed by atoms with van der Waals surface area (Å²) in [7, 11) is 0. The molecule has 0 aliphatic carbocycles. The number of imidazole rings is 1. The Hall–Kier alpha value is -2.67. The van der Waals surface area contributed by atoms with E-state index >= 15 is 0 Å². The van der Waals surface area contributed by atoms with Crippen LogP contribution in [0.4, 0.5) is 5.95 Å². The summed E-state index contributed by atoms with van der Waals surface area (Å²) in [6, 6.07) is 7.92. The molecule has 102 valence electrons. The van der Waals surface area contributed by atoms with Gasteiger partial charge in [-0.05, 0) is 11.1 Å². The molecular formula is C13H14N6O. The second-order valence-electron chi connectivity index (χ2n) is 4.39. The molecular weight excluding hydrogens is 256 g/mol. The van der Waals surface area contributed by atoms with Crippen molar-refractivity contribution in [2.75, 3.05) is 5.32 Å². The number of nitrogens with zero attached hydrogens (tertiary/aromatic N) is 2. The fourth-order valence-electron chi connectivity index (χ4n) is 1.98. The number of hydrogen-bond acceptors (Lipinski definition) is 5. The molecule has 0 radical (unpaired) electrons. The summed E-state index contributed by atoms with van der Waals surface area (Å²) in [5, 5.41) is 3.07. The lowest BCUT2D eigenvalue weighted by Gasteiger charge is -2.06. The van der Waals surface area contributed by atoms with Crippen molar-refractivity contribution in [1.29, 1.82) is 0 Å². The smallest absolute Gasteiger partial charge is 0.278 e. The first kappa shape index (κ1) is 12.4. The molecule has 0 unspecified atom stereocenters. The van der Waals surface area contributed by atoms with Gasteiger partial charge < -0.3 is 16.0 Å². The Morgan fingerprint density at radius 2 is 2.15 bits per heavy atom. The number of aromatic nitrogens is 4. The van der Waals surface area contributed by atoms with Gasteiger partial charge in [0, 0.05) is 13.1 Å². The van der Waals surface area contributed by atoms with Crippen molar-refractivity contribution in [3.8, 4) is 0 Å². The van der Waals surface area contributed by atoms with E-state index in [1.165, 1.54) is 6.33 Å². The molecule has 2 aromatic heterocycles. The van der Waals surface area contributed by atoms with Crippen molar-refractivity contribution in [1.82, 2.24) is 19.9 Å². The predicted octanol–water partition coefficient (Wildman–Crippen LogP) is 0.717. The van der Waals surface area contributed by atoms with E-state index in [1.807, 2.05) is 24.3 Å². The van der Waals surface area contributed by atoms with Gasteiger partial charge in [-0.2, -0.15) is 4.98 Å². The lowest BCUT2D eigenvalue weighted by atomic mass is 10.1. The predicted molar refractivity (Wildman–Crippen MR) is 76.2 cm³/mol. The fraction of sp³-hybridized carbons (Fsp3) is 0.154. The van der Waals surface area contributed by atoms with E-state index in [0.29, 0.717) is 30.2 Å². The standard InChI is InChI=1S/C13H14N6O/c14-5-8-2-1-3-9(4-8)6-15-13-18-11-10(12(20)19-13)16-7-17-11/h1-4,7H,5-6,14H2,(H3,15,16,17,18,19,20). The highest BCUT2D eigenvalue weighted by atomic mass is 16.1. The first-order valence-corrected chi connectivity index (χ1v) is 6.21. The molecule has 0 atom stereocenters. The summed E-state index contributed by atoms with van der Waals surface area (Å²) in [5.41, 5.74) is 8.26. The van der Waals surface area contributed by atoms with E-state index in [9.17, 15) is 4.79 Å². The average molecular weight is 270 g/mol. The van der Waals surface area contributed by atoms with Crippen LogP contribution < -0.4 is 16.6 Å². The van der Waals surface area contributed by atoms with Crippen molar-refractivity contribution in [3.63, 3.8) is 0 Å². The molecule has 0 aliphatic heterocycles. The van der Waals surface area contributed by atoms with Crippen molar-refractivity contribution >= 4 is 17.1 Å². The molecule has 2 heterocycles. The van der Waals surface area contributed by atoms with Crippen LogP contribution in [-0.2, 0) is 13.1 Å². The van der Waals surface area contributed by atoms with Gasteiger partial charge in [0.25, 0.3) is 5.56 Å². The van der Waals surface area contributed by atoms with Crippen LogP contribution in [0.3, 0.4) is 0 Å². The zero-order valence-corrected chi connectivity index (χ0v) is 10.7. The summed E-state index contributed by atoms with van der Waals surface area (Å²) in [4.78, 5) is 25.4. The van der Waals surface area contributed by atoms with E-state index in [0.717, 1.165) is 11.1 Å². The van der Waals surface area contributed by atoms with Gasteiger partial charge in [0.2, 0.25) is 5.95 Å². The molecule has 20 heavy (non-hydrogen) atoms. The number of benzene rings is 1. The Bertz CT molecular complexity index is 791. The Labute approximate surface area is 114 Å². The maximum Gasteiger partial charge on any atom is 0.278 e. The van der Waals surface area contributed by atoms with E-state index in [1.54, 1.807) is 0 Å². The molecule has 3 rings (SSSR count). The number of nitrogens with one attached hydrogen (secondary N) is 3. The number of hydrogen-bond donors (Lipinski definition) is 4. The second-order valence-corrected chi connectivity index (χ2v) is 4.39. The average Bonchev–Trinajstić information content (AvgIpc) is 2.94. The summed E-state index contributed by atoms with van der Waals surface area (Å²) in [5.74, 6) is 0.396. The van der Waals surface area contributed by atoms with Gasteiger partial charge in [-0.15, -0.1) is 0 Å². The maximum absolute atomic E-state index is 11.7. The van der Waals surface area contributed by atoms with Crippen LogP contribution in [0.5, 0.6) is 0 Å². The van der Waals surface area contributed by atoms with Crippen molar-refractivity contribution < 1.29 is 0 Å². The minimum atomic E-state index is -0.245. The van der Waals surface area contributed by atoms with Crippen molar-refractivity contribution in [2.45, 2.75) is 13.1 Å². The van der Waals surface area contributed by atoms with Crippen molar-refractivity contribution in [3.05, 3.63) is 52.1 Å². The van der Waals surface area contributed by atoms with Gasteiger partial charge >= 0.3 is 0 Å². The molecule has 0 fully saturated rings. The number of aromatic amines is 2. The third-order valence-electron chi connectivity index (χ3n) is 2.98. The van der Waals surface area contributed by atoms with Crippen LogP contribution in [0.25, 0.3) is 11.2 Å². The minimum absolute atomic E-state index is 0.245. The maximum atomic E-state index is 11.7. The molecule has 0 saturated carbocycles. The SMILES string of the molecule is NCc1cccc(CNc2nc3nc[nH]c3c(=O)[nH]2)c1. The molecule has 7 nitrogen and oxygen atoms in total. The summed E-state index contributed by atoms with van der Waals surface area (Å²) in [6.07, 6.45) is 1.45. The molecule has 0 bridgehead atoms. The Morgan fingerprint density at radius 3 is 3.00 bits per heavy atom. The molecule has 1 aromatic carbocycles. The Balaban J connectivity index is 1.80. The van der Waals surface area contributed by atoms with Crippen LogP contribution in [0.2, 0.25) is 0 Å². The molecule has 0 spiro atoms. The molecule has 0 saturated heterocycles. The van der Waals surface area contributed by atoms with Crippen LogP contribution in [0.15, 0.2) is 35.4 Å². The van der Waals surface area contributed by atoms with Crippen molar-refractivity contribution in [2.24, 2.45) is 5.73 Å². The third-order valence-corrected chi connectivity index (χ3v) is 2.98. The molecule has 7 heteroatoms. The highest BCUT2D eigenvalue weighted by molar-refractivity contribution is 5.69. The molecule has 5 N–H and O–H groups in total. The topological polar surface area (TPSA) is 112 Å². The van der Waals surface area contributed by atoms with Gasteiger partial charge in [-0.25, -0.2) is 4.98 Å². The summed E-state index contributed by atoms with van der Waals surface area (Å²) < 4.78 is 0. The Kier molecular flexibility index (Phi) is 3.18. The largest absolute Gasteiger partial charge is 0.352 e. The number of nitrogens with two attached hydrogens (primary N) is 1. The number of H-pyrrole nitrogens is 2. The third kappa shape index (κ3) is 2.39. The molecule has 0 amide bonds.